The van der Waals surface area contributed by atoms with E-state index in [4.69, 9.17) is 5.73 Å². The summed E-state index contributed by atoms with van der Waals surface area (Å²) in [5.41, 5.74) is 8.02. The number of aromatic hydroxyl groups is 1. The molecule has 0 heterocycles. The molecule has 1 aliphatic rings. The smallest absolute Gasteiger partial charge is 0.123 e. The van der Waals surface area contributed by atoms with Gasteiger partial charge in [0.1, 0.15) is 5.75 Å². The molecule has 2 rings (SSSR count). The second-order valence-electron chi connectivity index (χ2n) is 4.49. The van der Waals surface area contributed by atoms with Crippen LogP contribution in [-0.2, 0) is 6.42 Å². The Bertz CT molecular complexity index is 350. The minimum Gasteiger partial charge on any atom is -0.507 e. The molecule has 0 aliphatic heterocycles. The number of nitrogens with two attached hydrogens (primary N) is 1. The van der Waals surface area contributed by atoms with Gasteiger partial charge < -0.3 is 10.8 Å². The molecule has 1 saturated carbocycles. The van der Waals surface area contributed by atoms with E-state index in [1.54, 1.807) is 0 Å². The van der Waals surface area contributed by atoms with Crippen LogP contribution in [0.4, 0.5) is 0 Å². The summed E-state index contributed by atoms with van der Waals surface area (Å²) < 4.78 is 0. The van der Waals surface area contributed by atoms with Gasteiger partial charge in [-0.2, -0.15) is 0 Å². The van der Waals surface area contributed by atoms with E-state index in [0.29, 0.717) is 5.75 Å². The van der Waals surface area contributed by atoms with Crippen LogP contribution >= 0.6 is 12.4 Å². The van der Waals surface area contributed by atoms with Crippen molar-refractivity contribution in [1.29, 1.82) is 0 Å². The average molecular weight is 242 g/mol. The van der Waals surface area contributed by atoms with E-state index < -0.39 is 0 Å². The Labute approximate surface area is 103 Å². The van der Waals surface area contributed by atoms with Crippen LogP contribution in [0.2, 0.25) is 0 Å². The van der Waals surface area contributed by atoms with Crippen molar-refractivity contribution in [2.24, 2.45) is 11.7 Å². The topological polar surface area (TPSA) is 46.2 Å². The van der Waals surface area contributed by atoms with Gasteiger partial charge in [-0.1, -0.05) is 38.0 Å². The maximum atomic E-state index is 10.0. The molecule has 0 aromatic heterocycles. The maximum Gasteiger partial charge on any atom is 0.123 e. The van der Waals surface area contributed by atoms with E-state index in [1.165, 1.54) is 12.8 Å². The van der Waals surface area contributed by atoms with Crippen LogP contribution < -0.4 is 5.73 Å². The highest BCUT2D eigenvalue weighted by molar-refractivity contribution is 5.85. The van der Waals surface area contributed by atoms with Crippen molar-refractivity contribution in [3.05, 3.63) is 29.3 Å². The molecule has 3 heteroatoms. The molecule has 1 aromatic rings. The lowest BCUT2D eigenvalue weighted by atomic mass is 9.98. The van der Waals surface area contributed by atoms with Gasteiger partial charge in [0.2, 0.25) is 0 Å². The minimum absolute atomic E-state index is 0. The zero-order chi connectivity index (χ0) is 10.8. The monoisotopic (exact) mass is 241 g/mol. The first-order valence-electron chi connectivity index (χ1n) is 5.78. The molecule has 1 aliphatic carbocycles. The van der Waals surface area contributed by atoms with Crippen molar-refractivity contribution >= 4 is 12.4 Å². The minimum atomic E-state index is 0. The lowest BCUT2D eigenvalue weighted by molar-refractivity contribution is 0.449. The third-order valence-corrected chi connectivity index (χ3v) is 3.22. The zero-order valence-electron chi connectivity index (χ0n) is 9.65. The summed E-state index contributed by atoms with van der Waals surface area (Å²) in [4.78, 5) is 0. The van der Waals surface area contributed by atoms with Gasteiger partial charge in [0.25, 0.3) is 0 Å². The van der Waals surface area contributed by atoms with Gasteiger partial charge in [-0.3, -0.25) is 0 Å². The largest absolute Gasteiger partial charge is 0.507 e. The highest BCUT2D eigenvalue weighted by atomic mass is 35.5. The highest BCUT2D eigenvalue weighted by Crippen LogP contribution is 2.39. The SMILES string of the molecule is CCc1cccc([C@@H](N)CC2CC2)c1O.Cl. The molecule has 0 spiro atoms. The molecule has 1 fully saturated rings. The Morgan fingerprint density at radius 2 is 2.12 bits per heavy atom. The summed E-state index contributed by atoms with van der Waals surface area (Å²) in [6.07, 6.45) is 4.49. The summed E-state index contributed by atoms with van der Waals surface area (Å²) >= 11 is 0. The van der Waals surface area contributed by atoms with Crippen LogP contribution in [0, 0.1) is 5.92 Å². The Morgan fingerprint density at radius 3 is 2.69 bits per heavy atom. The van der Waals surface area contributed by atoms with Crippen LogP contribution in [0.15, 0.2) is 18.2 Å². The second kappa shape index (κ2) is 5.55. The fourth-order valence-corrected chi connectivity index (χ4v) is 2.04. The van der Waals surface area contributed by atoms with E-state index in [-0.39, 0.29) is 18.4 Å². The van der Waals surface area contributed by atoms with Gasteiger partial charge in [0, 0.05) is 11.6 Å². The summed E-state index contributed by atoms with van der Waals surface area (Å²) in [6.45, 7) is 2.05. The lowest BCUT2D eigenvalue weighted by Crippen LogP contribution is -2.11. The quantitative estimate of drug-likeness (QED) is 0.851. The fraction of sp³-hybridized carbons (Fsp3) is 0.538. The van der Waals surface area contributed by atoms with Gasteiger partial charge >= 0.3 is 0 Å². The van der Waals surface area contributed by atoms with E-state index >= 15 is 0 Å². The van der Waals surface area contributed by atoms with Crippen molar-refractivity contribution in [2.45, 2.75) is 38.6 Å². The summed E-state index contributed by atoms with van der Waals surface area (Å²) in [5.74, 6) is 1.21. The molecule has 0 saturated heterocycles. The first kappa shape index (κ1) is 13.3. The number of para-hydroxylation sites is 1. The number of phenols is 1. The number of hydrogen-bond donors (Lipinski definition) is 2. The molecule has 90 valence electrons. The molecule has 3 N–H and O–H groups in total. The zero-order valence-corrected chi connectivity index (χ0v) is 10.5. The summed E-state index contributed by atoms with van der Waals surface area (Å²) in [5, 5.41) is 10.0. The van der Waals surface area contributed by atoms with Crippen LogP contribution in [0.3, 0.4) is 0 Å². The predicted octanol–water partition coefficient (Wildman–Crippen LogP) is 3.18. The summed E-state index contributed by atoms with van der Waals surface area (Å²) in [6, 6.07) is 5.90. The normalized spacial score (nSPS) is 16.6. The Hall–Kier alpha value is -0.730. The van der Waals surface area contributed by atoms with Crippen molar-refractivity contribution < 1.29 is 5.11 Å². The Morgan fingerprint density at radius 1 is 1.44 bits per heavy atom. The standard InChI is InChI=1S/C13H19NO.ClH/c1-2-10-4-3-5-11(13(10)15)12(14)8-9-6-7-9;/h3-5,9,12,15H,2,6-8,14H2,1H3;1H/t12-;/m0./s1. The molecule has 0 amide bonds. The molecule has 16 heavy (non-hydrogen) atoms. The average Bonchev–Trinajstić information content (AvgIpc) is 3.02. The van der Waals surface area contributed by atoms with E-state index in [9.17, 15) is 5.11 Å². The first-order chi connectivity index (χ1) is 7.22. The molecule has 1 aromatic carbocycles. The van der Waals surface area contributed by atoms with Crippen molar-refractivity contribution in [2.75, 3.05) is 0 Å². The van der Waals surface area contributed by atoms with Gasteiger partial charge in [-0.15, -0.1) is 12.4 Å². The van der Waals surface area contributed by atoms with Crippen LogP contribution in [0.25, 0.3) is 0 Å². The molecular formula is C13H20ClNO. The molecule has 1 atom stereocenters. The van der Waals surface area contributed by atoms with Crippen LogP contribution in [-0.4, -0.2) is 5.11 Å². The molecular weight excluding hydrogens is 222 g/mol. The van der Waals surface area contributed by atoms with Crippen LogP contribution in [0.1, 0.15) is 43.4 Å². The Balaban J connectivity index is 0.00000128. The third-order valence-electron chi connectivity index (χ3n) is 3.22. The lowest BCUT2D eigenvalue weighted by Gasteiger charge is -2.15. The number of benzene rings is 1. The highest BCUT2D eigenvalue weighted by Gasteiger charge is 2.25. The molecule has 0 radical (unpaired) electrons. The third kappa shape index (κ3) is 2.89. The van der Waals surface area contributed by atoms with Gasteiger partial charge in [-0.25, -0.2) is 0 Å². The van der Waals surface area contributed by atoms with Gasteiger partial charge in [0.05, 0.1) is 0 Å². The van der Waals surface area contributed by atoms with Crippen molar-refractivity contribution in [3.8, 4) is 5.75 Å². The second-order valence-corrected chi connectivity index (χ2v) is 4.49. The number of rotatable bonds is 4. The summed E-state index contributed by atoms with van der Waals surface area (Å²) in [7, 11) is 0. The molecule has 0 unspecified atom stereocenters. The van der Waals surface area contributed by atoms with Crippen LogP contribution in [0.5, 0.6) is 5.75 Å². The van der Waals surface area contributed by atoms with E-state index in [0.717, 1.165) is 29.9 Å². The number of aryl methyl sites for hydroxylation is 1. The number of phenolic OH excluding ortho intramolecular Hbond substituents is 1. The van der Waals surface area contributed by atoms with Crippen molar-refractivity contribution in [3.63, 3.8) is 0 Å². The van der Waals surface area contributed by atoms with Gasteiger partial charge in [0.15, 0.2) is 0 Å². The number of hydrogen-bond acceptors (Lipinski definition) is 2. The first-order valence-corrected chi connectivity index (χ1v) is 5.78. The molecule has 0 bridgehead atoms. The fourth-order valence-electron chi connectivity index (χ4n) is 2.04. The molecule has 2 nitrogen and oxygen atoms in total. The Kier molecular flexibility index (Phi) is 4.63. The van der Waals surface area contributed by atoms with Crippen molar-refractivity contribution in [1.82, 2.24) is 0 Å². The van der Waals surface area contributed by atoms with Gasteiger partial charge in [-0.05, 0) is 24.3 Å². The maximum absolute atomic E-state index is 10.0. The van der Waals surface area contributed by atoms with E-state index in [2.05, 4.69) is 0 Å². The number of halogens is 1. The van der Waals surface area contributed by atoms with E-state index in [1.807, 2.05) is 25.1 Å². The predicted molar refractivity (Wildman–Crippen MR) is 69.0 cm³/mol.